The van der Waals surface area contributed by atoms with Gasteiger partial charge in [-0.25, -0.2) is 15.2 Å². The van der Waals surface area contributed by atoms with Crippen molar-refractivity contribution in [1.29, 1.82) is 0 Å². The molecule has 3 N–H and O–H groups in total. The predicted molar refractivity (Wildman–Crippen MR) is 180 cm³/mol. The molecule has 0 saturated carbocycles. The van der Waals surface area contributed by atoms with Gasteiger partial charge in [-0.3, -0.25) is 29.1 Å². The van der Waals surface area contributed by atoms with Gasteiger partial charge >= 0.3 is 12.1 Å². The lowest BCUT2D eigenvalue weighted by Crippen LogP contribution is -2.61. The second-order valence-electron chi connectivity index (χ2n) is 13.7. The molecule has 4 rings (SSSR count). The topological polar surface area (TPSA) is 159 Å². The number of hydrogen-bond donors (Lipinski definition) is 3. The number of aromatic nitrogens is 1. The van der Waals surface area contributed by atoms with E-state index in [-0.39, 0.29) is 24.8 Å². The van der Waals surface area contributed by atoms with Crippen molar-refractivity contribution in [2.75, 3.05) is 13.1 Å². The molecule has 13 heteroatoms. The normalized spacial score (nSPS) is 24.6. The zero-order chi connectivity index (χ0) is 35.2. The molecule has 4 amide bonds. The summed E-state index contributed by atoms with van der Waals surface area (Å²) in [5, 5.41) is 7.72. The van der Waals surface area contributed by atoms with Gasteiger partial charge in [0, 0.05) is 31.1 Å². The number of cyclic esters (lactones) is 1. The minimum absolute atomic E-state index is 0.0498. The third-order valence-electron chi connectivity index (χ3n) is 8.06. The monoisotopic (exact) mass is 664 g/mol. The van der Waals surface area contributed by atoms with Crippen molar-refractivity contribution in [3.8, 4) is 0 Å². The molecular weight excluding hydrogens is 616 g/mol. The van der Waals surface area contributed by atoms with Gasteiger partial charge in [0.05, 0.1) is 11.2 Å². The second kappa shape index (κ2) is 15.6. The first-order chi connectivity index (χ1) is 22.6. The smallest absolute Gasteiger partial charge is 0.414 e. The molecule has 2 aliphatic heterocycles. The third-order valence-corrected chi connectivity index (χ3v) is 8.06. The molecule has 13 nitrogen and oxygen atoms in total. The number of amides is 4. The number of hydrogen-bond acceptors (Lipinski definition) is 9. The van der Waals surface area contributed by atoms with Crippen molar-refractivity contribution in [2.24, 2.45) is 5.92 Å². The molecule has 5 bridgehead atoms. The summed E-state index contributed by atoms with van der Waals surface area (Å²) in [5.41, 5.74) is 4.24. The number of nitrogens with one attached hydrogen (secondary N) is 3. The summed E-state index contributed by atoms with van der Waals surface area (Å²) < 4.78 is 11.4. The van der Waals surface area contributed by atoms with Gasteiger partial charge in [0.15, 0.2) is 0 Å². The van der Waals surface area contributed by atoms with Gasteiger partial charge in [0.25, 0.3) is 5.91 Å². The van der Waals surface area contributed by atoms with E-state index in [0.717, 1.165) is 10.9 Å². The molecule has 1 aromatic carbocycles. The summed E-state index contributed by atoms with van der Waals surface area (Å²) in [6.07, 6.45) is 3.54. The van der Waals surface area contributed by atoms with Crippen molar-refractivity contribution in [3.05, 3.63) is 47.8 Å². The molecule has 1 saturated heterocycles. The molecule has 1 fully saturated rings. The Kier molecular flexibility index (Phi) is 11.8. The fourth-order valence-corrected chi connectivity index (χ4v) is 5.42. The number of ether oxygens (including phenoxy) is 2. The third kappa shape index (κ3) is 9.75. The van der Waals surface area contributed by atoms with Crippen LogP contribution in [0.15, 0.2) is 36.5 Å². The van der Waals surface area contributed by atoms with E-state index in [4.69, 9.17) is 14.5 Å². The molecule has 0 radical (unpaired) electrons. The number of carbonyl (C=O) groups excluding carboxylic acids is 5. The Morgan fingerprint density at radius 1 is 1.02 bits per heavy atom. The van der Waals surface area contributed by atoms with Crippen molar-refractivity contribution < 1.29 is 33.4 Å². The maximum Gasteiger partial charge on any atom is 0.414 e. The number of nitrogens with zero attached hydrogens (tertiary/aromatic N) is 3. The van der Waals surface area contributed by atoms with Crippen LogP contribution in [-0.4, -0.2) is 81.5 Å². The van der Waals surface area contributed by atoms with E-state index in [2.05, 4.69) is 16.1 Å². The van der Waals surface area contributed by atoms with E-state index in [1.807, 2.05) is 24.3 Å². The zero-order valence-corrected chi connectivity index (χ0v) is 28.9. The Morgan fingerprint density at radius 2 is 1.75 bits per heavy atom. The number of rotatable bonds is 1. The highest BCUT2D eigenvalue weighted by atomic mass is 16.6. The lowest BCUT2D eigenvalue weighted by Gasteiger charge is -2.35. The van der Waals surface area contributed by atoms with Gasteiger partial charge in [-0.05, 0) is 83.6 Å². The molecule has 0 spiro atoms. The van der Waals surface area contributed by atoms with Gasteiger partial charge in [0.1, 0.15) is 29.8 Å². The summed E-state index contributed by atoms with van der Waals surface area (Å²) in [4.78, 5) is 72.0. The van der Waals surface area contributed by atoms with Crippen molar-refractivity contribution in [2.45, 2.75) is 104 Å². The van der Waals surface area contributed by atoms with E-state index in [0.29, 0.717) is 37.0 Å². The fraction of sp³-hybridized carbons (Fsp3) is 0.543. The largest absolute Gasteiger partial charge is 0.455 e. The van der Waals surface area contributed by atoms with Gasteiger partial charge in [-0.1, -0.05) is 32.0 Å². The highest BCUT2D eigenvalue weighted by molar-refractivity contribution is 5.92. The van der Waals surface area contributed by atoms with Crippen LogP contribution in [0.5, 0.6) is 0 Å². The van der Waals surface area contributed by atoms with Gasteiger partial charge < -0.3 is 20.1 Å². The molecular formula is C35H48N6O7. The molecule has 2 aliphatic rings. The number of esters is 1. The van der Waals surface area contributed by atoms with E-state index in [1.54, 1.807) is 66.8 Å². The lowest BCUT2D eigenvalue weighted by molar-refractivity contribution is -0.157. The number of carbonyl (C=O) groups is 5. The lowest BCUT2D eigenvalue weighted by atomic mass is 10.0. The Balaban J connectivity index is 1.65. The number of pyridine rings is 1. The van der Waals surface area contributed by atoms with Crippen LogP contribution < -0.4 is 16.1 Å². The number of fused-ring (bicyclic) bond motifs is 4. The van der Waals surface area contributed by atoms with E-state index in [9.17, 15) is 24.0 Å². The van der Waals surface area contributed by atoms with Crippen LogP contribution in [0.2, 0.25) is 0 Å². The summed E-state index contributed by atoms with van der Waals surface area (Å²) in [7, 11) is 0. The molecule has 48 heavy (non-hydrogen) atoms. The fourth-order valence-electron chi connectivity index (χ4n) is 5.42. The van der Waals surface area contributed by atoms with Crippen LogP contribution in [-0.2, 0) is 28.7 Å². The first kappa shape index (κ1) is 36.3. The standard InChI is InChI=1S/C35H48N6O7/c1-21(2)30-31(43)36-22(3)32(44)41-18-8-10-27(39-41)33(45)47-23(4)26-15-14-25-13-12-24(20-28(25)37-26)16-19-40(17-9-11-29(42)38-30)34(46)48-35(5,6)7/h12-16,19-23,27,30,39H,8-11,17-18H2,1-7H3,(H,36,43)(H,38,42)/b19-16+/t22-,23+,27-,30-/m0/s1. The SMILES string of the molecule is CC(C)[C@@H]1NC(=O)CCCN(C(=O)OC(C)(C)C)/C=C/c2ccc3ccc(nc3c2)[C@@H](C)OC(=O)[C@@H]2CCCN(N2)C(=O)[C@H](C)NC1=O. The molecule has 0 unspecified atom stereocenters. The molecule has 0 aliphatic carbocycles. The van der Waals surface area contributed by atoms with Gasteiger partial charge in [-0.2, -0.15) is 0 Å². The average Bonchev–Trinajstić information content (AvgIpc) is 3.02. The van der Waals surface area contributed by atoms with Crippen LogP contribution in [0.3, 0.4) is 0 Å². The van der Waals surface area contributed by atoms with E-state index >= 15 is 0 Å². The number of hydrazine groups is 1. The van der Waals surface area contributed by atoms with Crippen LogP contribution in [0.25, 0.3) is 17.0 Å². The summed E-state index contributed by atoms with van der Waals surface area (Å²) in [6, 6.07) is 6.81. The Bertz CT molecular complexity index is 1550. The summed E-state index contributed by atoms with van der Waals surface area (Å²) in [5.74, 6) is -2.07. The Labute approximate surface area is 281 Å². The maximum atomic E-state index is 13.3. The first-order valence-corrected chi connectivity index (χ1v) is 16.6. The number of benzene rings is 1. The Morgan fingerprint density at radius 3 is 2.46 bits per heavy atom. The van der Waals surface area contributed by atoms with Crippen LogP contribution >= 0.6 is 0 Å². The van der Waals surface area contributed by atoms with Crippen LogP contribution in [0.4, 0.5) is 4.79 Å². The van der Waals surface area contributed by atoms with Gasteiger partial charge in [-0.15, -0.1) is 0 Å². The van der Waals surface area contributed by atoms with Crippen molar-refractivity contribution >= 4 is 46.8 Å². The van der Waals surface area contributed by atoms with E-state index < -0.39 is 53.7 Å². The molecule has 2 aromatic rings. The molecule has 3 heterocycles. The predicted octanol–water partition coefficient (Wildman–Crippen LogP) is 3.98. The minimum atomic E-state index is -0.928. The molecule has 1 aromatic heterocycles. The highest BCUT2D eigenvalue weighted by Crippen LogP contribution is 2.23. The first-order valence-electron chi connectivity index (χ1n) is 16.6. The minimum Gasteiger partial charge on any atom is -0.455 e. The highest BCUT2D eigenvalue weighted by Gasteiger charge is 2.34. The van der Waals surface area contributed by atoms with Gasteiger partial charge in [0.2, 0.25) is 11.8 Å². The molecule has 4 atom stereocenters. The summed E-state index contributed by atoms with van der Waals surface area (Å²) >= 11 is 0. The molecule has 260 valence electrons. The Hall–Kier alpha value is -4.52. The second-order valence-corrected chi connectivity index (χ2v) is 13.7. The van der Waals surface area contributed by atoms with E-state index in [1.165, 1.54) is 9.91 Å². The van der Waals surface area contributed by atoms with Crippen molar-refractivity contribution in [1.82, 2.24) is 31.0 Å². The quantitative estimate of drug-likeness (QED) is 0.384. The van der Waals surface area contributed by atoms with Crippen molar-refractivity contribution in [3.63, 3.8) is 0 Å². The maximum absolute atomic E-state index is 13.3. The zero-order valence-electron chi connectivity index (χ0n) is 28.9. The van der Waals surface area contributed by atoms with Crippen LogP contribution in [0, 0.1) is 5.92 Å². The average molecular weight is 665 g/mol. The van der Waals surface area contributed by atoms with Crippen LogP contribution in [0.1, 0.15) is 91.5 Å². The summed E-state index contributed by atoms with van der Waals surface area (Å²) in [6.45, 7) is 12.8.